The number of anilines is 1. The SMILES string of the molecule is CCCCCN(C)c1cc(CNCC)cc(C(C)(C)C)n1. The topological polar surface area (TPSA) is 28.2 Å². The Bertz CT molecular complexity index is 421. The molecule has 3 heteroatoms. The highest BCUT2D eigenvalue weighted by Crippen LogP contribution is 2.24. The van der Waals surface area contributed by atoms with Crippen molar-refractivity contribution in [3.63, 3.8) is 0 Å². The second-order valence-electron chi connectivity index (χ2n) is 6.88. The van der Waals surface area contributed by atoms with Crippen LogP contribution in [-0.4, -0.2) is 25.1 Å². The lowest BCUT2D eigenvalue weighted by Crippen LogP contribution is -2.23. The van der Waals surface area contributed by atoms with Crippen molar-refractivity contribution in [3.8, 4) is 0 Å². The minimum absolute atomic E-state index is 0.0846. The van der Waals surface area contributed by atoms with Gasteiger partial charge in [-0.2, -0.15) is 0 Å². The molecule has 0 aromatic carbocycles. The fraction of sp³-hybridized carbons (Fsp3) is 0.722. The van der Waals surface area contributed by atoms with Gasteiger partial charge in [-0.25, -0.2) is 4.98 Å². The molecule has 0 aliphatic heterocycles. The zero-order valence-corrected chi connectivity index (χ0v) is 14.8. The summed E-state index contributed by atoms with van der Waals surface area (Å²) in [5.74, 6) is 1.10. The van der Waals surface area contributed by atoms with Crippen molar-refractivity contribution >= 4 is 5.82 Å². The molecule has 0 aliphatic rings. The maximum atomic E-state index is 4.89. The van der Waals surface area contributed by atoms with Crippen molar-refractivity contribution in [1.29, 1.82) is 0 Å². The molecule has 0 atom stereocenters. The summed E-state index contributed by atoms with van der Waals surface area (Å²) in [5.41, 5.74) is 2.59. The number of hydrogen-bond donors (Lipinski definition) is 1. The van der Waals surface area contributed by atoms with Gasteiger partial charge in [0.05, 0.1) is 0 Å². The van der Waals surface area contributed by atoms with Crippen LogP contribution in [0.25, 0.3) is 0 Å². The Balaban J connectivity index is 2.95. The maximum absolute atomic E-state index is 4.89. The fourth-order valence-electron chi connectivity index (χ4n) is 2.24. The lowest BCUT2D eigenvalue weighted by molar-refractivity contribution is 0.565. The Morgan fingerprint density at radius 1 is 1.14 bits per heavy atom. The molecular formula is C18H33N3. The minimum Gasteiger partial charge on any atom is -0.360 e. The summed E-state index contributed by atoms with van der Waals surface area (Å²) in [4.78, 5) is 7.18. The van der Waals surface area contributed by atoms with E-state index in [0.717, 1.165) is 25.5 Å². The lowest BCUT2D eigenvalue weighted by atomic mass is 9.90. The average molecular weight is 291 g/mol. The van der Waals surface area contributed by atoms with Crippen LogP contribution in [0.15, 0.2) is 12.1 Å². The molecule has 21 heavy (non-hydrogen) atoms. The summed E-state index contributed by atoms with van der Waals surface area (Å²) in [5, 5.41) is 3.42. The zero-order chi connectivity index (χ0) is 15.9. The van der Waals surface area contributed by atoms with E-state index in [1.807, 2.05) is 0 Å². The van der Waals surface area contributed by atoms with Crippen molar-refractivity contribution < 1.29 is 0 Å². The van der Waals surface area contributed by atoms with E-state index >= 15 is 0 Å². The minimum atomic E-state index is 0.0846. The van der Waals surface area contributed by atoms with Crippen LogP contribution < -0.4 is 10.2 Å². The second-order valence-corrected chi connectivity index (χ2v) is 6.88. The van der Waals surface area contributed by atoms with E-state index in [1.165, 1.54) is 30.5 Å². The van der Waals surface area contributed by atoms with E-state index in [-0.39, 0.29) is 5.41 Å². The molecule has 0 radical (unpaired) electrons. The smallest absolute Gasteiger partial charge is 0.128 e. The molecule has 0 bridgehead atoms. The molecule has 0 spiro atoms. The predicted octanol–water partition coefficient (Wildman–Crippen LogP) is 4.12. The molecule has 0 saturated carbocycles. The van der Waals surface area contributed by atoms with Gasteiger partial charge in [0.1, 0.15) is 5.82 Å². The standard InChI is InChI=1S/C18H33N3/c1-7-9-10-11-21(6)17-13-15(14-19-8-2)12-16(20-17)18(3,4)5/h12-13,19H,7-11,14H2,1-6H3. The van der Waals surface area contributed by atoms with E-state index in [0.29, 0.717) is 0 Å². The third kappa shape index (κ3) is 6.04. The zero-order valence-electron chi connectivity index (χ0n) is 14.8. The van der Waals surface area contributed by atoms with Gasteiger partial charge < -0.3 is 10.2 Å². The summed E-state index contributed by atoms with van der Waals surface area (Å²) in [6, 6.07) is 4.47. The number of nitrogens with zero attached hydrogens (tertiary/aromatic N) is 2. The first-order chi connectivity index (χ1) is 9.88. The van der Waals surface area contributed by atoms with Crippen molar-refractivity contribution in [2.75, 3.05) is 25.0 Å². The number of nitrogens with one attached hydrogen (secondary N) is 1. The molecule has 1 N–H and O–H groups in total. The van der Waals surface area contributed by atoms with Gasteiger partial charge in [-0.3, -0.25) is 0 Å². The number of hydrogen-bond acceptors (Lipinski definition) is 3. The van der Waals surface area contributed by atoms with Crippen LogP contribution in [0.3, 0.4) is 0 Å². The highest BCUT2D eigenvalue weighted by molar-refractivity contribution is 5.43. The summed E-state index contributed by atoms with van der Waals surface area (Å²) < 4.78 is 0. The van der Waals surface area contributed by atoms with Crippen molar-refractivity contribution in [1.82, 2.24) is 10.3 Å². The van der Waals surface area contributed by atoms with Crippen molar-refractivity contribution in [3.05, 3.63) is 23.4 Å². The summed E-state index contributed by atoms with van der Waals surface area (Å²) in [7, 11) is 2.15. The molecule has 1 aromatic heterocycles. The van der Waals surface area contributed by atoms with Crippen LogP contribution in [0.4, 0.5) is 5.82 Å². The van der Waals surface area contributed by atoms with Crippen molar-refractivity contribution in [2.24, 2.45) is 0 Å². The molecule has 0 amide bonds. The Morgan fingerprint density at radius 2 is 1.86 bits per heavy atom. The number of unbranched alkanes of at least 4 members (excludes halogenated alkanes) is 2. The van der Waals surface area contributed by atoms with E-state index in [4.69, 9.17) is 4.98 Å². The van der Waals surface area contributed by atoms with E-state index < -0.39 is 0 Å². The molecular weight excluding hydrogens is 258 g/mol. The Kier molecular flexibility index (Phi) is 7.16. The van der Waals surface area contributed by atoms with E-state index in [9.17, 15) is 0 Å². The number of pyridine rings is 1. The largest absolute Gasteiger partial charge is 0.360 e. The van der Waals surface area contributed by atoms with Crippen LogP contribution in [0.5, 0.6) is 0 Å². The first-order valence-corrected chi connectivity index (χ1v) is 8.31. The molecule has 1 heterocycles. The van der Waals surface area contributed by atoms with Crippen LogP contribution in [0.2, 0.25) is 0 Å². The monoisotopic (exact) mass is 291 g/mol. The van der Waals surface area contributed by atoms with Gasteiger partial charge in [0, 0.05) is 31.2 Å². The number of aromatic nitrogens is 1. The van der Waals surface area contributed by atoms with E-state index in [1.54, 1.807) is 0 Å². The van der Waals surface area contributed by atoms with Gasteiger partial charge in [-0.1, -0.05) is 47.5 Å². The Labute approximate surface area is 131 Å². The molecule has 3 nitrogen and oxygen atoms in total. The quantitative estimate of drug-likeness (QED) is 0.730. The van der Waals surface area contributed by atoms with Crippen LogP contribution >= 0.6 is 0 Å². The second kappa shape index (κ2) is 8.38. The Morgan fingerprint density at radius 3 is 2.43 bits per heavy atom. The molecule has 0 fully saturated rings. The maximum Gasteiger partial charge on any atom is 0.128 e. The third-order valence-corrected chi connectivity index (χ3v) is 3.71. The summed E-state index contributed by atoms with van der Waals surface area (Å²) in [6.07, 6.45) is 3.78. The van der Waals surface area contributed by atoms with Crippen LogP contribution in [0, 0.1) is 0 Å². The first-order valence-electron chi connectivity index (χ1n) is 8.31. The average Bonchev–Trinajstić information content (AvgIpc) is 2.44. The Hall–Kier alpha value is -1.09. The molecule has 0 unspecified atom stereocenters. The van der Waals surface area contributed by atoms with Gasteiger partial charge in [-0.05, 0) is 30.7 Å². The van der Waals surface area contributed by atoms with Gasteiger partial charge >= 0.3 is 0 Å². The van der Waals surface area contributed by atoms with Gasteiger partial charge in [-0.15, -0.1) is 0 Å². The van der Waals surface area contributed by atoms with Crippen LogP contribution in [0.1, 0.15) is 65.1 Å². The highest BCUT2D eigenvalue weighted by Gasteiger charge is 2.18. The highest BCUT2D eigenvalue weighted by atomic mass is 15.2. The van der Waals surface area contributed by atoms with Crippen LogP contribution in [-0.2, 0) is 12.0 Å². The first kappa shape index (κ1) is 18.0. The molecule has 1 aromatic rings. The van der Waals surface area contributed by atoms with Crippen molar-refractivity contribution in [2.45, 2.75) is 65.8 Å². The van der Waals surface area contributed by atoms with Gasteiger partial charge in [0.2, 0.25) is 0 Å². The molecule has 120 valence electrons. The molecule has 0 aliphatic carbocycles. The summed E-state index contributed by atoms with van der Waals surface area (Å²) in [6.45, 7) is 14.1. The normalized spacial score (nSPS) is 11.7. The lowest BCUT2D eigenvalue weighted by Gasteiger charge is -2.24. The summed E-state index contributed by atoms with van der Waals surface area (Å²) >= 11 is 0. The van der Waals surface area contributed by atoms with Gasteiger partial charge in [0.25, 0.3) is 0 Å². The third-order valence-electron chi connectivity index (χ3n) is 3.71. The molecule has 0 saturated heterocycles. The fourth-order valence-corrected chi connectivity index (χ4v) is 2.24. The van der Waals surface area contributed by atoms with E-state index in [2.05, 4.69) is 64.0 Å². The number of rotatable bonds is 8. The molecule has 1 rings (SSSR count). The predicted molar refractivity (Wildman–Crippen MR) is 93.1 cm³/mol. The van der Waals surface area contributed by atoms with Gasteiger partial charge in [0.15, 0.2) is 0 Å².